The lowest BCUT2D eigenvalue weighted by atomic mass is 9.95. The molecule has 0 amide bonds. The van der Waals surface area contributed by atoms with E-state index in [-0.39, 0.29) is 11.5 Å². The van der Waals surface area contributed by atoms with E-state index in [1.165, 1.54) is 16.3 Å². The maximum absolute atomic E-state index is 12.8. The molecule has 0 bridgehead atoms. The number of aromatic amines is 1. The van der Waals surface area contributed by atoms with Gasteiger partial charge in [0.1, 0.15) is 0 Å². The van der Waals surface area contributed by atoms with E-state index in [1.54, 1.807) is 0 Å². The summed E-state index contributed by atoms with van der Waals surface area (Å²) < 4.78 is 0. The minimum absolute atomic E-state index is 0.0212. The van der Waals surface area contributed by atoms with E-state index in [4.69, 9.17) is 4.98 Å². The second-order valence-electron chi connectivity index (χ2n) is 6.89. The molecule has 0 aliphatic heterocycles. The summed E-state index contributed by atoms with van der Waals surface area (Å²) in [5.41, 5.74) is 2.84. The molecule has 4 nitrogen and oxygen atoms in total. The molecule has 0 fully saturated rings. The van der Waals surface area contributed by atoms with Crippen molar-refractivity contribution < 1.29 is 0 Å². The van der Waals surface area contributed by atoms with Crippen LogP contribution in [-0.4, -0.2) is 23.1 Å². The van der Waals surface area contributed by atoms with Gasteiger partial charge in [0.25, 0.3) is 5.56 Å². The molecule has 2 aromatic carbocycles. The second kappa shape index (κ2) is 7.73. The molecule has 0 aliphatic rings. The molecular formula is C22H27N3O. The minimum atomic E-state index is -0.0212. The first-order valence-electron chi connectivity index (χ1n) is 9.39. The van der Waals surface area contributed by atoms with Gasteiger partial charge in [-0.25, -0.2) is 4.98 Å². The highest BCUT2D eigenvalue weighted by molar-refractivity contribution is 5.85. The highest BCUT2D eigenvalue weighted by atomic mass is 16.1. The predicted molar refractivity (Wildman–Crippen MR) is 109 cm³/mol. The summed E-state index contributed by atoms with van der Waals surface area (Å²) in [6, 6.07) is 14.7. The number of nitrogens with zero attached hydrogens (tertiary/aromatic N) is 2. The van der Waals surface area contributed by atoms with Gasteiger partial charge in [-0.3, -0.25) is 9.78 Å². The third-order valence-electron chi connectivity index (χ3n) is 4.90. The summed E-state index contributed by atoms with van der Waals surface area (Å²) in [6.07, 6.45) is 0.660. The van der Waals surface area contributed by atoms with Crippen molar-refractivity contribution in [3.8, 4) is 0 Å². The Balaban J connectivity index is 2.14. The fourth-order valence-electron chi connectivity index (χ4n) is 3.55. The van der Waals surface area contributed by atoms with Gasteiger partial charge >= 0.3 is 0 Å². The third-order valence-corrected chi connectivity index (χ3v) is 4.90. The molecular weight excluding hydrogens is 322 g/mol. The van der Waals surface area contributed by atoms with Crippen LogP contribution in [0.3, 0.4) is 0 Å². The van der Waals surface area contributed by atoms with Crippen LogP contribution < -0.4 is 10.5 Å². The quantitative estimate of drug-likeness (QED) is 0.713. The monoisotopic (exact) mass is 349 g/mol. The van der Waals surface area contributed by atoms with E-state index < -0.39 is 0 Å². The molecule has 0 aliphatic carbocycles. The SMILES string of the molecule is CCN(CC)c1nc(Cc2cccc3ccccc23)c(C(C)C)c(=O)[nH]1. The molecule has 1 N–H and O–H groups in total. The molecule has 0 radical (unpaired) electrons. The van der Waals surface area contributed by atoms with Gasteiger partial charge < -0.3 is 4.90 Å². The largest absolute Gasteiger partial charge is 0.343 e. The van der Waals surface area contributed by atoms with Crippen LogP contribution in [0.4, 0.5) is 5.95 Å². The van der Waals surface area contributed by atoms with E-state index in [0.29, 0.717) is 12.4 Å². The Morgan fingerprint density at radius 1 is 1.04 bits per heavy atom. The van der Waals surface area contributed by atoms with Crippen LogP contribution in [0.1, 0.15) is 50.4 Å². The van der Waals surface area contributed by atoms with E-state index in [2.05, 4.69) is 80.0 Å². The summed E-state index contributed by atoms with van der Waals surface area (Å²) in [6.45, 7) is 9.88. The van der Waals surface area contributed by atoms with E-state index >= 15 is 0 Å². The lowest BCUT2D eigenvalue weighted by molar-refractivity contribution is 0.765. The first-order valence-corrected chi connectivity index (χ1v) is 9.39. The number of benzene rings is 2. The fraction of sp³-hybridized carbons (Fsp3) is 0.364. The smallest absolute Gasteiger partial charge is 0.256 e. The van der Waals surface area contributed by atoms with Crippen LogP contribution in [0.15, 0.2) is 47.3 Å². The van der Waals surface area contributed by atoms with Crippen molar-refractivity contribution in [3.63, 3.8) is 0 Å². The number of H-pyrrole nitrogens is 1. The van der Waals surface area contributed by atoms with Crippen molar-refractivity contribution in [2.75, 3.05) is 18.0 Å². The first-order chi connectivity index (χ1) is 12.5. The van der Waals surface area contributed by atoms with Crippen molar-refractivity contribution >= 4 is 16.7 Å². The van der Waals surface area contributed by atoms with Crippen LogP contribution in [-0.2, 0) is 6.42 Å². The van der Waals surface area contributed by atoms with E-state index in [0.717, 1.165) is 24.3 Å². The Morgan fingerprint density at radius 2 is 1.73 bits per heavy atom. The van der Waals surface area contributed by atoms with Gasteiger partial charge in [0.05, 0.1) is 5.69 Å². The number of fused-ring (bicyclic) bond motifs is 1. The van der Waals surface area contributed by atoms with Crippen LogP contribution in [0.25, 0.3) is 10.8 Å². The zero-order valence-corrected chi connectivity index (χ0v) is 16.0. The summed E-state index contributed by atoms with van der Waals surface area (Å²) >= 11 is 0. The molecule has 1 aromatic heterocycles. The van der Waals surface area contributed by atoms with E-state index in [9.17, 15) is 4.79 Å². The zero-order chi connectivity index (χ0) is 18.7. The van der Waals surface area contributed by atoms with Crippen molar-refractivity contribution in [2.24, 2.45) is 0 Å². The molecule has 0 saturated heterocycles. The maximum Gasteiger partial charge on any atom is 0.256 e. The minimum Gasteiger partial charge on any atom is -0.343 e. The van der Waals surface area contributed by atoms with Gasteiger partial charge in [-0.05, 0) is 36.1 Å². The lowest BCUT2D eigenvalue weighted by Gasteiger charge is -2.21. The topological polar surface area (TPSA) is 49.0 Å². The Kier molecular flexibility index (Phi) is 5.40. The molecule has 0 saturated carbocycles. The molecule has 136 valence electrons. The molecule has 26 heavy (non-hydrogen) atoms. The van der Waals surface area contributed by atoms with Gasteiger partial charge in [0.15, 0.2) is 0 Å². The highest BCUT2D eigenvalue weighted by Gasteiger charge is 2.17. The first kappa shape index (κ1) is 18.2. The van der Waals surface area contributed by atoms with Crippen molar-refractivity contribution in [1.82, 2.24) is 9.97 Å². The van der Waals surface area contributed by atoms with Gasteiger partial charge in [-0.2, -0.15) is 0 Å². The fourth-order valence-corrected chi connectivity index (χ4v) is 3.55. The third kappa shape index (κ3) is 3.50. The number of anilines is 1. The molecule has 0 atom stereocenters. The molecule has 0 spiro atoms. The number of hydrogen-bond acceptors (Lipinski definition) is 3. The Labute approximate surface area is 154 Å². The van der Waals surface area contributed by atoms with Gasteiger partial charge in [-0.1, -0.05) is 56.3 Å². The molecule has 4 heteroatoms. The van der Waals surface area contributed by atoms with Crippen molar-refractivity contribution in [2.45, 2.75) is 40.0 Å². The maximum atomic E-state index is 12.8. The summed E-state index contributed by atoms with van der Waals surface area (Å²) in [5, 5.41) is 2.43. The van der Waals surface area contributed by atoms with E-state index in [1.807, 2.05) is 0 Å². The van der Waals surface area contributed by atoms with Crippen molar-refractivity contribution in [3.05, 3.63) is 69.6 Å². The summed E-state index contributed by atoms with van der Waals surface area (Å²) in [7, 11) is 0. The average molecular weight is 349 g/mol. The van der Waals surface area contributed by atoms with Gasteiger partial charge in [0.2, 0.25) is 5.95 Å². The van der Waals surface area contributed by atoms with Gasteiger partial charge in [0, 0.05) is 25.1 Å². The standard InChI is InChI=1S/C22H27N3O/c1-5-25(6-2)22-23-19(20(15(3)4)21(26)24-22)14-17-12-9-11-16-10-7-8-13-18(16)17/h7-13,15H,5-6,14H2,1-4H3,(H,23,24,26). The second-order valence-corrected chi connectivity index (χ2v) is 6.89. The molecule has 0 unspecified atom stereocenters. The number of hydrogen-bond donors (Lipinski definition) is 1. The number of rotatable bonds is 6. The predicted octanol–water partition coefficient (Wildman–Crippen LogP) is 4.48. The van der Waals surface area contributed by atoms with Crippen LogP contribution in [0, 0.1) is 0 Å². The van der Waals surface area contributed by atoms with Crippen LogP contribution in [0.5, 0.6) is 0 Å². The Morgan fingerprint density at radius 3 is 2.42 bits per heavy atom. The number of nitrogens with one attached hydrogen (secondary N) is 1. The molecule has 3 rings (SSSR count). The van der Waals surface area contributed by atoms with Crippen LogP contribution in [0.2, 0.25) is 0 Å². The van der Waals surface area contributed by atoms with Crippen LogP contribution >= 0.6 is 0 Å². The lowest BCUT2D eigenvalue weighted by Crippen LogP contribution is -2.29. The summed E-state index contributed by atoms with van der Waals surface area (Å²) in [5.74, 6) is 0.793. The highest BCUT2D eigenvalue weighted by Crippen LogP contribution is 2.24. The Hall–Kier alpha value is -2.62. The normalized spacial score (nSPS) is 11.3. The Bertz CT molecular complexity index is 950. The zero-order valence-electron chi connectivity index (χ0n) is 16.0. The average Bonchev–Trinajstić information content (AvgIpc) is 2.62. The molecule has 3 aromatic rings. The summed E-state index contributed by atoms with van der Waals surface area (Å²) in [4.78, 5) is 22.7. The molecule has 1 heterocycles. The van der Waals surface area contributed by atoms with Crippen molar-refractivity contribution in [1.29, 1.82) is 0 Å². The number of aromatic nitrogens is 2. The van der Waals surface area contributed by atoms with Gasteiger partial charge in [-0.15, -0.1) is 0 Å².